The monoisotopic (exact) mass is 816 g/mol. The zero-order chi connectivity index (χ0) is 42.3. The normalized spacial score (nSPS) is 17.1. The molecule has 0 saturated carbocycles. The molecule has 4 aromatic rings. The molecule has 0 aliphatic carbocycles. The molecular weight excluding hydrogens is 761 g/mol. The van der Waals surface area contributed by atoms with Crippen LogP contribution in [0.15, 0.2) is 109 Å². The van der Waals surface area contributed by atoms with Gasteiger partial charge in [0, 0.05) is 57.6 Å². The van der Waals surface area contributed by atoms with E-state index in [9.17, 15) is 24.0 Å². The van der Waals surface area contributed by atoms with E-state index in [1.807, 2.05) is 60.7 Å². The first-order chi connectivity index (χ1) is 29.2. The van der Waals surface area contributed by atoms with E-state index in [1.165, 1.54) is 0 Å². The van der Waals surface area contributed by atoms with Crippen LogP contribution in [-0.2, 0) is 36.7 Å². The summed E-state index contributed by atoms with van der Waals surface area (Å²) in [6.07, 6.45) is 3.14. The number of rotatable bonds is 18. The van der Waals surface area contributed by atoms with Gasteiger partial charge in [-0.2, -0.15) is 0 Å². The van der Waals surface area contributed by atoms with Crippen molar-refractivity contribution in [3.05, 3.63) is 131 Å². The number of nitrogens with two attached hydrogens (primary N) is 1. The van der Waals surface area contributed by atoms with Crippen LogP contribution in [0.5, 0.6) is 0 Å². The van der Waals surface area contributed by atoms with Gasteiger partial charge in [0.2, 0.25) is 17.7 Å². The van der Waals surface area contributed by atoms with E-state index < -0.39 is 11.9 Å². The van der Waals surface area contributed by atoms with Crippen LogP contribution in [0.2, 0.25) is 0 Å². The smallest absolute Gasteiger partial charge is 0.251 e. The summed E-state index contributed by atoms with van der Waals surface area (Å²) in [7, 11) is 1.62. The number of likely N-dealkylation sites (tertiary alicyclic amines) is 1. The second-order valence-electron chi connectivity index (χ2n) is 15.3. The van der Waals surface area contributed by atoms with Crippen molar-refractivity contribution in [1.82, 2.24) is 25.8 Å². The molecule has 13 heteroatoms. The van der Waals surface area contributed by atoms with Gasteiger partial charge in [-0.3, -0.25) is 24.0 Å². The first kappa shape index (κ1) is 43.7. The highest BCUT2D eigenvalue weighted by Gasteiger charge is 2.42. The number of nitrogens with one attached hydrogen (secondary N) is 3. The number of carbonyl (C=O) groups excluding carboxylic acids is 5. The number of amides is 5. The summed E-state index contributed by atoms with van der Waals surface area (Å²) in [5.74, 6) is -1.39. The lowest BCUT2D eigenvalue weighted by Crippen LogP contribution is -2.56. The molecule has 0 unspecified atom stereocenters. The molecule has 316 valence electrons. The average molecular weight is 817 g/mol. The Morgan fingerprint density at radius 1 is 0.733 bits per heavy atom. The molecule has 0 aromatic heterocycles. The van der Waals surface area contributed by atoms with Gasteiger partial charge in [0.25, 0.3) is 11.8 Å². The molecule has 2 aliphatic heterocycles. The molecule has 5 amide bonds. The van der Waals surface area contributed by atoms with Crippen molar-refractivity contribution in [3.63, 3.8) is 0 Å². The van der Waals surface area contributed by atoms with Gasteiger partial charge in [0.05, 0.1) is 31.3 Å². The lowest BCUT2D eigenvalue weighted by atomic mass is 9.91. The molecule has 6 rings (SSSR count). The fraction of sp³-hybridized carbons (Fsp3) is 0.383. The second kappa shape index (κ2) is 21.9. The molecule has 13 nitrogen and oxygen atoms in total. The zero-order valence-electron chi connectivity index (χ0n) is 34.2. The third-order valence-corrected chi connectivity index (χ3v) is 11.4. The third kappa shape index (κ3) is 12.1. The van der Waals surface area contributed by atoms with E-state index in [4.69, 9.17) is 15.2 Å². The van der Waals surface area contributed by atoms with Gasteiger partial charge in [-0.1, -0.05) is 84.9 Å². The van der Waals surface area contributed by atoms with Gasteiger partial charge in [-0.05, 0) is 84.5 Å². The van der Waals surface area contributed by atoms with Crippen LogP contribution >= 0.6 is 0 Å². The van der Waals surface area contributed by atoms with Crippen LogP contribution in [0.4, 0.5) is 0 Å². The van der Waals surface area contributed by atoms with Crippen LogP contribution in [0.1, 0.15) is 51.1 Å². The number of hydrogen-bond donors (Lipinski definition) is 4. The number of benzene rings is 4. The number of methoxy groups -OCH3 is 1. The largest absolute Gasteiger partial charge is 0.381 e. The van der Waals surface area contributed by atoms with Gasteiger partial charge in [0.15, 0.2) is 0 Å². The molecule has 3 atom stereocenters. The van der Waals surface area contributed by atoms with Crippen LogP contribution < -0.4 is 21.7 Å². The van der Waals surface area contributed by atoms with Gasteiger partial charge in [-0.25, -0.2) is 0 Å². The van der Waals surface area contributed by atoms with Gasteiger partial charge in [-0.15, -0.1) is 0 Å². The second-order valence-corrected chi connectivity index (χ2v) is 15.3. The SMILES string of the molecule is CO[C@H]1CCN(C(=O)[C@@H](N)C2CCOCC2)[C@@H]1CN(CCc1ccccc1)C(=O)CNC(=O)c1ccc(-c2ccc(C(=O)NCC(=O)NCCc3ccccc3)cc2)cc1. The molecule has 0 spiro atoms. The summed E-state index contributed by atoms with van der Waals surface area (Å²) in [6.45, 7) is 2.42. The molecule has 2 aliphatic rings. The van der Waals surface area contributed by atoms with E-state index in [0.717, 1.165) is 35.1 Å². The molecule has 60 heavy (non-hydrogen) atoms. The Kier molecular flexibility index (Phi) is 16.0. The lowest BCUT2D eigenvalue weighted by molar-refractivity contribution is -0.139. The Bertz CT molecular complexity index is 2020. The number of carbonyl (C=O) groups is 5. The maximum atomic E-state index is 13.9. The number of ether oxygens (including phenoxy) is 2. The lowest BCUT2D eigenvalue weighted by Gasteiger charge is -2.36. The van der Waals surface area contributed by atoms with E-state index in [-0.39, 0.29) is 61.3 Å². The topological polar surface area (TPSA) is 172 Å². The Labute approximate surface area is 352 Å². The predicted octanol–water partition coefficient (Wildman–Crippen LogP) is 3.61. The fourth-order valence-corrected chi connectivity index (χ4v) is 7.82. The molecule has 5 N–H and O–H groups in total. The third-order valence-electron chi connectivity index (χ3n) is 11.4. The maximum absolute atomic E-state index is 13.9. The highest BCUT2D eigenvalue weighted by atomic mass is 16.5. The van der Waals surface area contributed by atoms with Crippen LogP contribution in [-0.4, -0.2) is 117 Å². The van der Waals surface area contributed by atoms with Crippen molar-refractivity contribution in [1.29, 1.82) is 0 Å². The number of nitrogens with zero attached hydrogens (tertiary/aromatic N) is 2. The van der Waals surface area contributed by atoms with Crippen molar-refractivity contribution in [2.75, 3.05) is 59.6 Å². The molecule has 2 heterocycles. The molecule has 2 fully saturated rings. The van der Waals surface area contributed by atoms with Crippen molar-refractivity contribution in [2.24, 2.45) is 11.7 Å². The first-order valence-electron chi connectivity index (χ1n) is 20.8. The minimum Gasteiger partial charge on any atom is -0.381 e. The molecule has 0 radical (unpaired) electrons. The van der Waals surface area contributed by atoms with Crippen LogP contribution in [0.3, 0.4) is 0 Å². The van der Waals surface area contributed by atoms with Gasteiger partial charge < -0.3 is 41.0 Å². The zero-order valence-corrected chi connectivity index (χ0v) is 34.2. The Balaban J connectivity index is 1.02. The Morgan fingerprint density at radius 2 is 1.28 bits per heavy atom. The summed E-state index contributed by atoms with van der Waals surface area (Å²) in [5, 5.41) is 8.27. The minimum atomic E-state index is -0.654. The Morgan fingerprint density at radius 3 is 1.85 bits per heavy atom. The molecular formula is C47H56N6O7. The maximum Gasteiger partial charge on any atom is 0.251 e. The van der Waals surface area contributed by atoms with Crippen molar-refractivity contribution < 1.29 is 33.4 Å². The number of hydrogen-bond acceptors (Lipinski definition) is 8. The summed E-state index contributed by atoms with van der Waals surface area (Å²) < 4.78 is 11.3. The molecule has 2 saturated heterocycles. The van der Waals surface area contributed by atoms with Crippen molar-refractivity contribution in [2.45, 2.75) is 50.3 Å². The van der Waals surface area contributed by atoms with E-state index >= 15 is 0 Å². The van der Waals surface area contributed by atoms with Crippen molar-refractivity contribution in [3.8, 4) is 11.1 Å². The average Bonchev–Trinajstić information content (AvgIpc) is 3.71. The van der Waals surface area contributed by atoms with Gasteiger partial charge in [0.1, 0.15) is 0 Å². The summed E-state index contributed by atoms with van der Waals surface area (Å²) in [6, 6.07) is 32.6. The van der Waals surface area contributed by atoms with E-state index in [1.54, 1.807) is 65.4 Å². The van der Waals surface area contributed by atoms with E-state index in [0.29, 0.717) is 63.2 Å². The summed E-state index contributed by atoms with van der Waals surface area (Å²) in [4.78, 5) is 69.5. The Hall–Kier alpha value is -5.89. The molecule has 4 aromatic carbocycles. The van der Waals surface area contributed by atoms with Crippen molar-refractivity contribution >= 4 is 29.5 Å². The quantitative estimate of drug-likeness (QED) is 0.118. The first-order valence-corrected chi connectivity index (χ1v) is 20.8. The highest BCUT2D eigenvalue weighted by Crippen LogP contribution is 2.26. The molecule has 0 bridgehead atoms. The van der Waals surface area contributed by atoms with Crippen LogP contribution in [0.25, 0.3) is 11.1 Å². The van der Waals surface area contributed by atoms with E-state index in [2.05, 4.69) is 16.0 Å². The standard InChI is InChI=1S/C47H56N6O7/c1-59-41-22-27-53(47(58)44(48)37-23-28-60-29-24-37)40(41)32-52(26-21-34-10-6-3-7-11-34)43(55)31-51-46(57)39-18-14-36(15-19-39)35-12-16-38(17-13-35)45(56)50-30-42(54)49-25-20-33-8-4-2-5-9-33/h2-19,37,40-41,44H,20-32,48H2,1H3,(H,49,54)(H,50,56)(H,51,57)/t40-,41+,44+/m1/s1. The highest BCUT2D eigenvalue weighted by molar-refractivity contribution is 5.98. The van der Waals surface area contributed by atoms with Crippen LogP contribution in [0, 0.1) is 5.92 Å². The minimum absolute atomic E-state index is 0.0374. The van der Waals surface area contributed by atoms with Gasteiger partial charge >= 0.3 is 0 Å². The fourth-order valence-electron chi connectivity index (χ4n) is 7.82. The summed E-state index contributed by atoms with van der Waals surface area (Å²) in [5.41, 5.74) is 11.2. The summed E-state index contributed by atoms with van der Waals surface area (Å²) >= 11 is 0. The predicted molar refractivity (Wildman–Crippen MR) is 229 cm³/mol.